The summed E-state index contributed by atoms with van der Waals surface area (Å²) in [5.74, 6) is -0.147. The summed E-state index contributed by atoms with van der Waals surface area (Å²) in [5, 5.41) is 5.39. The van der Waals surface area contributed by atoms with Crippen molar-refractivity contribution in [2.45, 2.75) is 19.4 Å². The average molecular weight is 364 g/mol. The highest BCUT2D eigenvalue weighted by Crippen LogP contribution is 2.25. The van der Waals surface area contributed by atoms with Crippen LogP contribution in [-0.4, -0.2) is 34.5 Å². The van der Waals surface area contributed by atoms with Crippen molar-refractivity contribution in [3.05, 3.63) is 46.6 Å². The van der Waals surface area contributed by atoms with Crippen LogP contribution in [0.25, 0.3) is 16.2 Å². The Morgan fingerprint density at radius 1 is 1.38 bits per heavy atom. The van der Waals surface area contributed by atoms with Crippen molar-refractivity contribution >= 4 is 33.8 Å². The first-order chi connectivity index (χ1) is 11.4. The molecular formula is C17H18ClN3O2S. The van der Waals surface area contributed by atoms with Crippen molar-refractivity contribution < 1.29 is 9.53 Å². The third-order valence-corrected chi connectivity index (χ3v) is 4.90. The Hall–Kier alpha value is -1.89. The van der Waals surface area contributed by atoms with Gasteiger partial charge in [-0.25, -0.2) is 4.98 Å². The molecule has 24 heavy (non-hydrogen) atoms. The van der Waals surface area contributed by atoms with Crippen LogP contribution in [-0.2, 0) is 4.74 Å². The summed E-state index contributed by atoms with van der Waals surface area (Å²) < 4.78 is 7.13. The highest BCUT2D eigenvalue weighted by Gasteiger charge is 2.20. The van der Waals surface area contributed by atoms with Crippen molar-refractivity contribution in [3.63, 3.8) is 0 Å². The lowest BCUT2D eigenvalue weighted by atomic mass is 10.1. The second-order valence-corrected chi connectivity index (χ2v) is 7.33. The molecule has 1 amide bonds. The van der Waals surface area contributed by atoms with Crippen molar-refractivity contribution in [2.24, 2.45) is 0 Å². The molecule has 1 aromatic carbocycles. The van der Waals surface area contributed by atoms with E-state index in [9.17, 15) is 4.79 Å². The first kappa shape index (κ1) is 17.0. The second-order valence-electron chi connectivity index (χ2n) is 6.05. The molecule has 0 fully saturated rings. The molecule has 0 aliphatic rings. The first-order valence-corrected chi connectivity index (χ1v) is 8.71. The van der Waals surface area contributed by atoms with Crippen LogP contribution < -0.4 is 5.32 Å². The summed E-state index contributed by atoms with van der Waals surface area (Å²) in [4.78, 5) is 17.8. The molecule has 0 unspecified atom stereocenters. The zero-order chi connectivity index (χ0) is 17.3. The van der Waals surface area contributed by atoms with Crippen molar-refractivity contribution in [2.75, 3.05) is 13.7 Å². The molecule has 0 saturated carbocycles. The largest absolute Gasteiger partial charge is 0.377 e. The van der Waals surface area contributed by atoms with E-state index in [-0.39, 0.29) is 5.91 Å². The summed E-state index contributed by atoms with van der Waals surface area (Å²) in [6.45, 7) is 4.27. The van der Waals surface area contributed by atoms with E-state index in [1.807, 2.05) is 54.1 Å². The average Bonchev–Trinajstić information content (AvgIpc) is 3.14. The van der Waals surface area contributed by atoms with E-state index in [1.165, 1.54) is 11.3 Å². The van der Waals surface area contributed by atoms with Gasteiger partial charge in [-0.2, -0.15) is 0 Å². The lowest BCUT2D eigenvalue weighted by Gasteiger charge is -2.22. The maximum atomic E-state index is 12.4. The smallest absolute Gasteiger partial charge is 0.269 e. The van der Waals surface area contributed by atoms with Crippen LogP contribution in [0.15, 0.2) is 35.8 Å². The van der Waals surface area contributed by atoms with E-state index < -0.39 is 5.60 Å². The number of carbonyl (C=O) groups is 1. The Balaban J connectivity index is 1.85. The highest BCUT2D eigenvalue weighted by atomic mass is 35.5. The topological polar surface area (TPSA) is 55.6 Å². The fraction of sp³-hybridized carbons (Fsp3) is 0.294. The van der Waals surface area contributed by atoms with Crippen LogP contribution in [0.3, 0.4) is 0 Å². The number of fused-ring (bicyclic) bond motifs is 1. The number of amides is 1. The molecule has 5 nitrogen and oxygen atoms in total. The molecule has 126 valence electrons. The molecule has 2 heterocycles. The van der Waals surface area contributed by atoms with Gasteiger partial charge in [0.25, 0.3) is 5.91 Å². The SMILES string of the molecule is COC(C)(C)CNC(=O)c1csc2nc(-c3ccc(Cl)cc3)cn12. The number of methoxy groups -OCH3 is 1. The van der Waals surface area contributed by atoms with Crippen LogP contribution in [0.1, 0.15) is 24.3 Å². The third kappa shape index (κ3) is 3.45. The van der Waals surface area contributed by atoms with Gasteiger partial charge in [0.2, 0.25) is 0 Å². The molecule has 2 aromatic heterocycles. The molecule has 0 aliphatic heterocycles. The van der Waals surface area contributed by atoms with Gasteiger partial charge in [0.15, 0.2) is 4.96 Å². The van der Waals surface area contributed by atoms with Gasteiger partial charge in [0.1, 0.15) is 5.69 Å². The van der Waals surface area contributed by atoms with E-state index in [0.29, 0.717) is 17.3 Å². The lowest BCUT2D eigenvalue weighted by molar-refractivity contribution is 0.0228. The Labute approximate surface area is 149 Å². The van der Waals surface area contributed by atoms with Crippen LogP contribution >= 0.6 is 22.9 Å². The number of nitrogens with one attached hydrogen (secondary N) is 1. The number of hydrogen-bond acceptors (Lipinski definition) is 4. The molecule has 3 aromatic rings. The van der Waals surface area contributed by atoms with E-state index in [0.717, 1.165) is 16.2 Å². The van der Waals surface area contributed by atoms with Crippen LogP contribution in [0.2, 0.25) is 5.02 Å². The number of halogens is 1. The predicted octanol–water partition coefficient (Wildman–Crippen LogP) is 3.87. The van der Waals surface area contributed by atoms with Gasteiger partial charge >= 0.3 is 0 Å². The summed E-state index contributed by atoms with van der Waals surface area (Å²) in [6.07, 6.45) is 1.87. The Morgan fingerprint density at radius 3 is 2.75 bits per heavy atom. The number of aromatic nitrogens is 2. The fourth-order valence-electron chi connectivity index (χ4n) is 2.16. The summed E-state index contributed by atoms with van der Waals surface area (Å²) in [5.41, 5.74) is 1.93. The third-order valence-electron chi connectivity index (χ3n) is 3.81. The van der Waals surface area contributed by atoms with Crippen LogP contribution in [0.5, 0.6) is 0 Å². The molecule has 3 rings (SSSR count). The van der Waals surface area contributed by atoms with Crippen molar-refractivity contribution in [1.29, 1.82) is 0 Å². The van der Waals surface area contributed by atoms with E-state index >= 15 is 0 Å². The number of ether oxygens (including phenoxy) is 1. The van der Waals surface area contributed by atoms with Gasteiger partial charge in [-0.15, -0.1) is 11.3 Å². The molecule has 0 bridgehead atoms. The quantitative estimate of drug-likeness (QED) is 0.748. The van der Waals surface area contributed by atoms with Gasteiger partial charge in [0, 0.05) is 35.8 Å². The number of nitrogens with zero attached hydrogens (tertiary/aromatic N) is 2. The number of thiazole rings is 1. The van der Waals surface area contributed by atoms with Crippen LogP contribution in [0, 0.1) is 0 Å². The zero-order valence-corrected chi connectivity index (χ0v) is 15.2. The number of hydrogen-bond donors (Lipinski definition) is 1. The first-order valence-electron chi connectivity index (χ1n) is 7.45. The van der Waals surface area contributed by atoms with Gasteiger partial charge in [0.05, 0.1) is 11.3 Å². The maximum Gasteiger partial charge on any atom is 0.269 e. The minimum Gasteiger partial charge on any atom is -0.377 e. The van der Waals surface area contributed by atoms with E-state index in [4.69, 9.17) is 16.3 Å². The Morgan fingerprint density at radius 2 is 2.08 bits per heavy atom. The zero-order valence-electron chi connectivity index (χ0n) is 13.7. The van der Waals surface area contributed by atoms with Gasteiger partial charge in [-0.1, -0.05) is 23.7 Å². The predicted molar refractivity (Wildman–Crippen MR) is 96.9 cm³/mol. The fourth-order valence-corrected chi connectivity index (χ4v) is 3.14. The normalized spacial score (nSPS) is 11.8. The molecule has 7 heteroatoms. The standard InChI is InChI=1S/C17H18ClN3O2S/c1-17(2,23-3)10-19-15(22)14-9-24-16-20-13(8-21(14)16)11-4-6-12(18)7-5-11/h4-9H,10H2,1-3H3,(H,19,22). The van der Waals surface area contributed by atoms with Gasteiger partial charge in [-0.05, 0) is 26.0 Å². The maximum absolute atomic E-state index is 12.4. The molecule has 1 N–H and O–H groups in total. The van der Waals surface area contributed by atoms with Crippen molar-refractivity contribution in [3.8, 4) is 11.3 Å². The summed E-state index contributed by atoms with van der Waals surface area (Å²) in [7, 11) is 1.63. The minimum atomic E-state index is -0.409. The Bertz CT molecular complexity index is 868. The van der Waals surface area contributed by atoms with Gasteiger partial charge in [-0.3, -0.25) is 9.20 Å². The Kier molecular flexibility index (Phi) is 4.62. The van der Waals surface area contributed by atoms with Crippen LogP contribution in [0.4, 0.5) is 0 Å². The minimum absolute atomic E-state index is 0.147. The molecule has 0 atom stereocenters. The molecular weight excluding hydrogens is 346 g/mol. The van der Waals surface area contributed by atoms with E-state index in [2.05, 4.69) is 10.3 Å². The lowest BCUT2D eigenvalue weighted by Crippen LogP contribution is -2.40. The molecule has 0 saturated heterocycles. The van der Waals surface area contributed by atoms with Gasteiger partial charge < -0.3 is 10.1 Å². The second kappa shape index (κ2) is 6.55. The number of carbonyl (C=O) groups excluding carboxylic acids is 1. The molecule has 0 radical (unpaired) electrons. The van der Waals surface area contributed by atoms with Crippen molar-refractivity contribution in [1.82, 2.24) is 14.7 Å². The summed E-state index contributed by atoms with van der Waals surface area (Å²) in [6, 6.07) is 7.47. The summed E-state index contributed by atoms with van der Waals surface area (Å²) >= 11 is 7.35. The number of rotatable bonds is 5. The molecule has 0 aliphatic carbocycles. The monoisotopic (exact) mass is 363 g/mol. The molecule has 0 spiro atoms. The van der Waals surface area contributed by atoms with E-state index in [1.54, 1.807) is 7.11 Å². The number of imidazole rings is 1. The number of benzene rings is 1. The highest BCUT2D eigenvalue weighted by molar-refractivity contribution is 7.15.